The lowest BCUT2D eigenvalue weighted by atomic mass is 9.96. The largest absolute Gasteiger partial charge is 0.394 e. The second-order valence-electron chi connectivity index (χ2n) is 6.39. The third kappa shape index (κ3) is 2.27. The van der Waals surface area contributed by atoms with E-state index in [4.69, 9.17) is 10.5 Å². The minimum Gasteiger partial charge on any atom is -0.394 e. The normalized spacial score (nSPS) is 28.9. The van der Waals surface area contributed by atoms with Gasteiger partial charge in [0.05, 0.1) is 24.6 Å². The smallest absolute Gasteiger partial charge is 0.207 e. The predicted octanol–water partition coefficient (Wildman–Crippen LogP) is -1.79. The number of nitrogen functional groups attached to an aromatic ring is 1. The summed E-state index contributed by atoms with van der Waals surface area (Å²) < 4.78 is 7.20. The number of nitrogens with zero attached hydrogens (tertiary/aromatic N) is 7. The SMILES string of the molecule is Cn1nnc(-c2cn([C@@H]3O[C@H](CO)[C@@H](O)[C@@]3(C)O)c3ncnc(N)c23)n1. The highest BCUT2D eigenvalue weighted by molar-refractivity contribution is 5.99. The van der Waals surface area contributed by atoms with Crippen molar-refractivity contribution < 1.29 is 20.1 Å². The number of anilines is 1. The van der Waals surface area contributed by atoms with Crippen molar-refractivity contribution >= 4 is 16.9 Å². The fourth-order valence-corrected chi connectivity index (χ4v) is 3.24. The van der Waals surface area contributed by atoms with Crippen LogP contribution in [0.4, 0.5) is 5.82 Å². The summed E-state index contributed by atoms with van der Waals surface area (Å²) in [5.74, 6) is 0.503. The molecule has 12 heteroatoms. The van der Waals surface area contributed by atoms with E-state index in [0.717, 1.165) is 0 Å². The molecule has 4 rings (SSSR count). The van der Waals surface area contributed by atoms with Gasteiger partial charge >= 0.3 is 0 Å². The molecule has 0 unspecified atom stereocenters. The third-order valence-electron chi connectivity index (χ3n) is 4.58. The molecule has 0 spiro atoms. The van der Waals surface area contributed by atoms with E-state index in [2.05, 4.69) is 25.4 Å². The molecule has 0 aliphatic carbocycles. The van der Waals surface area contributed by atoms with Crippen LogP contribution in [0.15, 0.2) is 12.5 Å². The van der Waals surface area contributed by atoms with Crippen LogP contribution in [-0.2, 0) is 11.8 Å². The Morgan fingerprint density at radius 3 is 2.77 bits per heavy atom. The molecule has 0 saturated carbocycles. The molecule has 4 atom stereocenters. The lowest BCUT2D eigenvalue weighted by Crippen LogP contribution is -2.44. The fourth-order valence-electron chi connectivity index (χ4n) is 3.24. The zero-order chi connectivity index (χ0) is 18.6. The van der Waals surface area contributed by atoms with Gasteiger partial charge in [-0.1, -0.05) is 0 Å². The molecule has 26 heavy (non-hydrogen) atoms. The van der Waals surface area contributed by atoms with E-state index in [1.807, 2.05) is 0 Å². The number of fused-ring (bicyclic) bond motifs is 1. The zero-order valence-electron chi connectivity index (χ0n) is 14.1. The lowest BCUT2D eigenvalue weighted by Gasteiger charge is -2.27. The summed E-state index contributed by atoms with van der Waals surface area (Å²) in [7, 11) is 1.63. The molecule has 0 bridgehead atoms. The monoisotopic (exact) mass is 362 g/mol. The Morgan fingerprint density at radius 1 is 1.38 bits per heavy atom. The van der Waals surface area contributed by atoms with Crippen molar-refractivity contribution in [2.75, 3.05) is 12.3 Å². The summed E-state index contributed by atoms with van der Waals surface area (Å²) in [6.07, 6.45) is -0.349. The average Bonchev–Trinajstić information content (AvgIpc) is 3.25. The third-order valence-corrected chi connectivity index (χ3v) is 4.58. The van der Waals surface area contributed by atoms with E-state index in [0.29, 0.717) is 22.4 Å². The number of tetrazole rings is 1. The van der Waals surface area contributed by atoms with Crippen molar-refractivity contribution in [2.45, 2.75) is 31.0 Å². The maximum Gasteiger partial charge on any atom is 0.207 e. The number of aromatic nitrogens is 7. The van der Waals surface area contributed by atoms with Gasteiger partial charge in [-0.25, -0.2) is 9.97 Å². The van der Waals surface area contributed by atoms with Gasteiger partial charge in [0, 0.05) is 6.20 Å². The number of nitrogens with two attached hydrogens (primary N) is 1. The number of aliphatic hydroxyl groups is 3. The van der Waals surface area contributed by atoms with Gasteiger partial charge in [0.2, 0.25) is 5.82 Å². The average molecular weight is 362 g/mol. The van der Waals surface area contributed by atoms with Gasteiger partial charge in [-0.2, -0.15) is 4.80 Å². The molecular formula is C14H18N8O4. The molecule has 3 aromatic heterocycles. The lowest BCUT2D eigenvalue weighted by molar-refractivity contribution is -0.0948. The molecule has 12 nitrogen and oxygen atoms in total. The first kappa shape index (κ1) is 16.8. The van der Waals surface area contributed by atoms with Crippen LogP contribution in [0.2, 0.25) is 0 Å². The quantitative estimate of drug-likeness (QED) is 0.417. The summed E-state index contributed by atoms with van der Waals surface area (Å²) in [6, 6.07) is 0. The summed E-state index contributed by atoms with van der Waals surface area (Å²) in [4.78, 5) is 9.53. The van der Waals surface area contributed by atoms with E-state index in [9.17, 15) is 15.3 Å². The number of hydrogen-bond acceptors (Lipinski definition) is 10. The van der Waals surface area contributed by atoms with Crippen LogP contribution in [0.25, 0.3) is 22.4 Å². The highest BCUT2D eigenvalue weighted by atomic mass is 16.6. The Bertz CT molecular complexity index is 967. The predicted molar refractivity (Wildman–Crippen MR) is 87.4 cm³/mol. The van der Waals surface area contributed by atoms with Gasteiger partial charge in [-0.05, 0) is 12.1 Å². The standard InChI is InChI=1S/C14H18N8O4/c1-14(25)9(24)7(4-23)26-13(14)22-3-6(11-18-20-21(2)19-11)8-10(15)16-5-17-12(8)22/h3,5,7,9,13,23-25H,4H2,1-2H3,(H2,15,16,17)/t7-,9-,13-,14-/m1/s1. The molecule has 5 N–H and O–H groups in total. The van der Waals surface area contributed by atoms with E-state index in [1.54, 1.807) is 13.2 Å². The van der Waals surface area contributed by atoms with Crippen molar-refractivity contribution in [1.82, 2.24) is 34.7 Å². The van der Waals surface area contributed by atoms with E-state index in [-0.39, 0.29) is 5.82 Å². The van der Waals surface area contributed by atoms with E-state index < -0.39 is 30.6 Å². The Kier molecular flexibility index (Phi) is 3.66. The van der Waals surface area contributed by atoms with E-state index >= 15 is 0 Å². The second kappa shape index (κ2) is 5.67. The number of rotatable bonds is 3. The Morgan fingerprint density at radius 2 is 2.15 bits per heavy atom. The van der Waals surface area contributed by atoms with Crippen LogP contribution in [0.3, 0.4) is 0 Å². The van der Waals surface area contributed by atoms with Crippen molar-refractivity contribution in [3.05, 3.63) is 12.5 Å². The summed E-state index contributed by atoms with van der Waals surface area (Å²) in [5.41, 5.74) is 5.23. The molecule has 0 aromatic carbocycles. The first-order chi connectivity index (χ1) is 12.3. The summed E-state index contributed by atoms with van der Waals surface area (Å²) in [6.45, 7) is 0.983. The minimum absolute atomic E-state index is 0.202. The van der Waals surface area contributed by atoms with Gasteiger partial charge in [0.1, 0.15) is 35.6 Å². The molecule has 138 valence electrons. The fraction of sp³-hybridized carbons (Fsp3) is 0.500. The molecule has 4 heterocycles. The summed E-state index contributed by atoms with van der Waals surface area (Å²) in [5, 5.41) is 42.9. The van der Waals surface area contributed by atoms with Crippen LogP contribution >= 0.6 is 0 Å². The van der Waals surface area contributed by atoms with Crippen LogP contribution in [0.1, 0.15) is 13.2 Å². The van der Waals surface area contributed by atoms with Gasteiger partial charge < -0.3 is 30.4 Å². The van der Waals surface area contributed by atoms with E-state index in [1.165, 1.54) is 22.6 Å². The van der Waals surface area contributed by atoms with Crippen molar-refractivity contribution in [3.8, 4) is 11.4 Å². The van der Waals surface area contributed by atoms with Gasteiger partial charge in [0.15, 0.2) is 6.23 Å². The Balaban J connectivity index is 1.93. The molecule has 1 aliphatic heterocycles. The molecule has 1 fully saturated rings. The topological polar surface area (TPSA) is 170 Å². The van der Waals surface area contributed by atoms with Crippen LogP contribution in [-0.4, -0.2) is 74.5 Å². The maximum absolute atomic E-state index is 10.8. The molecular weight excluding hydrogens is 344 g/mol. The van der Waals surface area contributed by atoms with Crippen LogP contribution in [0.5, 0.6) is 0 Å². The molecule has 0 radical (unpaired) electrons. The second-order valence-corrected chi connectivity index (χ2v) is 6.39. The van der Waals surface area contributed by atoms with Crippen molar-refractivity contribution in [3.63, 3.8) is 0 Å². The molecule has 0 amide bonds. The minimum atomic E-state index is -1.67. The highest BCUT2D eigenvalue weighted by Crippen LogP contribution is 2.42. The number of aryl methyl sites for hydroxylation is 1. The summed E-state index contributed by atoms with van der Waals surface area (Å²) >= 11 is 0. The first-order valence-electron chi connectivity index (χ1n) is 7.86. The van der Waals surface area contributed by atoms with Gasteiger partial charge in [-0.15, -0.1) is 10.2 Å². The Labute approximate surface area is 146 Å². The number of hydrogen-bond donors (Lipinski definition) is 4. The van der Waals surface area contributed by atoms with Gasteiger partial charge in [-0.3, -0.25) is 0 Å². The van der Waals surface area contributed by atoms with Crippen LogP contribution < -0.4 is 5.73 Å². The molecule has 1 saturated heterocycles. The van der Waals surface area contributed by atoms with Crippen LogP contribution in [0, 0.1) is 0 Å². The highest BCUT2D eigenvalue weighted by Gasteiger charge is 2.53. The maximum atomic E-state index is 10.8. The first-order valence-corrected chi connectivity index (χ1v) is 7.86. The Hall–Kier alpha value is -2.67. The number of ether oxygens (including phenoxy) is 1. The van der Waals surface area contributed by atoms with Crippen molar-refractivity contribution in [1.29, 1.82) is 0 Å². The van der Waals surface area contributed by atoms with Crippen molar-refractivity contribution in [2.24, 2.45) is 7.05 Å². The molecule has 1 aliphatic rings. The zero-order valence-corrected chi connectivity index (χ0v) is 14.1. The van der Waals surface area contributed by atoms with Gasteiger partial charge in [0.25, 0.3) is 0 Å². The number of aliphatic hydroxyl groups excluding tert-OH is 2. The molecule has 3 aromatic rings.